The minimum Gasteiger partial charge on any atom is -0.497 e. The van der Waals surface area contributed by atoms with Crippen molar-refractivity contribution < 1.29 is 23.4 Å². The van der Waals surface area contributed by atoms with Gasteiger partial charge in [0.2, 0.25) is 0 Å². The second kappa shape index (κ2) is 13.1. The van der Waals surface area contributed by atoms with Crippen molar-refractivity contribution in [2.45, 2.75) is 49.8 Å². The molecule has 3 aromatic rings. The van der Waals surface area contributed by atoms with Gasteiger partial charge in [0.15, 0.2) is 5.09 Å². The van der Waals surface area contributed by atoms with E-state index < -0.39 is 12.1 Å². The Hall–Kier alpha value is -2.58. The summed E-state index contributed by atoms with van der Waals surface area (Å²) in [7, 11) is 1.60. The number of carboxylic acid groups (broad SMARTS) is 1. The Morgan fingerprint density at radius 3 is 2.97 bits per heavy atom. The van der Waals surface area contributed by atoms with Crippen LogP contribution in [0.3, 0.4) is 0 Å². The molecule has 3 heterocycles. The maximum atomic E-state index is 15.5. The number of hydrogen-bond acceptors (Lipinski definition) is 6. The van der Waals surface area contributed by atoms with Gasteiger partial charge in [-0.25, -0.2) is 4.39 Å². The number of rotatable bonds is 13. The number of alkyl halides is 1. The maximum absolute atomic E-state index is 15.5. The summed E-state index contributed by atoms with van der Waals surface area (Å²) in [5.74, 6) is 1.52. The van der Waals surface area contributed by atoms with E-state index in [4.69, 9.17) is 9.15 Å². The van der Waals surface area contributed by atoms with Crippen LogP contribution < -0.4 is 4.74 Å². The highest BCUT2D eigenvalue weighted by Gasteiger charge is 2.30. The quantitative estimate of drug-likeness (QED) is 0.203. The fourth-order valence-electron chi connectivity index (χ4n) is 5.24. The largest absolute Gasteiger partial charge is 0.497 e. The molecule has 2 aromatic heterocycles. The van der Waals surface area contributed by atoms with Gasteiger partial charge in [-0.15, -0.1) is 0 Å². The average molecular weight is 515 g/mol. The van der Waals surface area contributed by atoms with Crippen LogP contribution in [0, 0.1) is 11.8 Å². The number of aliphatic carboxylic acids is 1. The number of ether oxygens (including phenoxy) is 1. The molecule has 194 valence electrons. The van der Waals surface area contributed by atoms with Crippen molar-refractivity contribution in [3.63, 3.8) is 0 Å². The van der Waals surface area contributed by atoms with Crippen molar-refractivity contribution >= 4 is 28.6 Å². The van der Waals surface area contributed by atoms with Crippen LogP contribution in [0.1, 0.15) is 50.3 Å². The van der Waals surface area contributed by atoms with E-state index in [2.05, 4.69) is 9.88 Å². The molecule has 0 radical (unpaired) electrons. The third-order valence-electron chi connectivity index (χ3n) is 7.17. The minimum absolute atomic E-state index is 0.164. The third kappa shape index (κ3) is 7.23. The van der Waals surface area contributed by atoms with E-state index in [0.29, 0.717) is 30.1 Å². The van der Waals surface area contributed by atoms with E-state index in [0.717, 1.165) is 60.6 Å². The molecule has 8 heteroatoms. The first-order valence-corrected chi connectivity index (χ1v) is 13.7. The zero-order valence-electron chi connectivity index (χ0n) is 20.8. The summed E-state index contributed by atoms with van der Waals surface area (Å²) in [5.41, 5.74) is 1.40. The Balaban J connectivity index is 1.33. The van der Waals surface area contributed by atoms with Crippen LogP contribution in [-0.2, 0) is 4.79 Å². The van der Waals surface area contributed by atoms with Crippen LogP contribution in [0.2, 0.25) is 0 Å². The summed E-state index contributed by atoms with van der Waals surface area (Å²) in [6.45, 7) is 2.85. The van der Waals surface area contributed by atoms with Crippen molar-refractivity contribution in [3.05, 3.63) is 54.4 Å². The molecule has 0 amide bonds. The summed E-state index contributed by atoms with van der Waals surface area (Å²) < 4.78 is 26.2. The number of nitrogens with zero attached hydrogens (tertiary/aromatic N) is 2. The van der Waals surface area contributed by atoms with E-state index >= 15 is 4.39 Å². The minimum atomic E-state index is -1.10. The molecular weight excluding hydrogens is 479 g/mol. The number of furan rings is 1. The highest BCUT2D eigenvalue weighted by atomic mass is 32.2. The van der Waals surface area contributed by atoms with Crippen LogP contribution in [0.4, 0.5) is 4.39 Å². The smallest absolute Gasteiger partial charge is 0.303 e. The van der Waals surface area contributed by atoms with E-state index in [1.165, 1.54) is 0 Å². The maximum Gasteiger partial charge on any atom is 0.303 e. The lowest BCUT2D eigenvalue weighted by Gasteiger charge is -2.39. The molecule has 3 atom stereocenters. The number of methoxy groups -OCH3 is 1. The number of hydrogen-bond donors (Lipinski definition) is 1. The summed E-state index contributed by atoms with van der Waals surface area (Å²) >= 11 is 1.72. The number of carboxylic acids is 1. The first-order valence-electron chi connectivity index (χ1n) is 12.7. The molecule has 4 rings (SSSR count). The highest BCUT2D eigenvalue weighted by molar-refractivity contribution is 7.99. The van der Waals surface area contributed by atoms with Gasteiger partial charge >= 0.3 is 5.97 Å². The van der Waals surface area contributed by atoms with Crippen LogP contribution in [0.5, 0.6) is 5.75 Å². The highest BCUT2D eigenvalue weighted by Crippen LogP contribution is 2.36. The van der Waals surface area contributed by atoms with Crippen LogP contribution in [-0.4, -0.2) is 53.5 Å². The van der Waals surface area contributed by atoms with E-state index in [1.54, 1.807) is 37.4 Å². The topological polar surface area (TPSA) is 75.8 Å². The molecule has 6 nitrogen and oxygen atoms in total. The predicted octanol–water partition coefficient (Wildman–Crippen LogP) is 6.61. The number of benzene rings is 1. The molecule has 36 heavy (non-hydrogen) atoms. The SMILES string of the molecule is COc1ccc2nccc([C@H](F)CC[C@@H]3CCN(CCCSc4ccco4)C[C@H]3CCC(=O)O)c2c1. The Morgan fingerprint density at radius 2 is 2.19 bits per heavy atom. The van der Waals surface area contributed by atoms with Gasteiger partial charge in [0.05, 0.1) is 18.9 Å². The van der Waals surface area contributed by atoms with E-state index in [-0.39, 0.29) is 12.3 Å². The number of likely N-dealkylation sites (tertiary alicyclic amines) is 1. The van der Waals surface area contributed by atoms with Crippen molar-refractivity contribution in [1.82, 2.24) is 9.88 Å². The van der Waals surface area contributed by atoms with Crippen molar-refractivity contribution in [2.75, 3.05) is 32.5 Å². The number of pyridine rings is 1. The number of carbonyl (C=O) groups is 1. The predicted molar refractivity (Wildman–Crippen MR) is 140 cm³/mol. The standard InChI is InChI=1S/C28H35FN2O4S/c1-34-22-7-9-26-24(18-22)23(11-13-30-26)25(29)8-5-20-12-15-31(19-21(20)6-10-27(32)33)14-3-17-36-28-4-2-16-35-28/h2,4,7,9,11,13,16,18,20-21,25H,3,5-6,8,10,12,14-15,17,19H2,1H3,(H,32,33)/t20-,21-,25-/m1/s1. The lowest BCUT2D eigenvalue weighted by molar-refractivity contribution is -0.137. The van der Waals surface area contributed by atoms with Gasteiger partial charge < -0.3 is 19.2 Å². The molecule has 1 N–H and O–H groups in total. The van der Waals surface area contributed by atoms with Gasteiger partial charge in [0.25, 0.3) is 0 Å². The first kappa shape index (κ1) is 26.5. The van der Waals surface area contributed by atoms with Gasteiger partial charge in [-0.3, -0.25) is 9.78 Å². The van der Waals surface area contributed by atoms with E-state index in [9.17, 15) is 9.90 Å². The summed E-state index contributed by atoms with van der Waals surface area (Å²) in [4.78, 5) is 18.1. The first-order chi connectivity index (χ1) is 17.5. The van der Waals surface area contributed by atoms with Crippen LogP contribution in [0.25, 0.3) is 10.9 Å². The zero-order chi connectivity index (χ0) is 25.3. The fourth-order valence-corrected chi connectivity index (χ4v) is 6.02. The van der Waals surface area contributed by atoms with Crippen molar-refractivity contribution in [1.29, 1.82) is 0 Å². The zero-order valence-corrected chi connectivity index (χ0v) is 21.6. The van der Waals surface area contributed by atoms with Crippen molar-refractivity contribution in [2.24, 2.45) is 11.8 Å². The summed E-state index contributed by atoms with van der Waals surface area (Å²) in [6.07, 6.45) is 6.26. The Labute approximate surface area is 216 Å². The average Bonchev–Trinajstić information content (AvgIpc) is 3.42. The number of piperidine rings is 1. The lowest BCUT2D eigenvalue weighted by atomic mass is 9.79. The van der Waals surface area contributed by atoms with Gasteiger partial charge in [0.1, 0.15) is 11.9 Å². The molecule has 0 bridgehead atoms. The van der Waals surface area contributed by atoms with Crippen molar-refractivity contribution in [3.8, 4) is 5.75 Å². The fraction of sp³-hybridized carbons (Fsp3) is 0.500. The molecule has 0 spiro atoms. The summed E-state index contributed by atoms with van der Waals surface area (Å²) in [6, 6.07) is 11.2. The molecule has 0 aliphatic carbocycles. The molecule has 0 saturated carbocycles. The number of halogens is 1. The number of thioether (sulfide) groups is 1. The molecule has 1 aliphatic heterocycles. The van der Waals surface area contributed by atoms with Gasteiger partial charge in [-0.2, -0.15) is 0 Å². The molecule has 1 fully saturated rings. The molecule has 1 aromatic carbocycles. The Bertz CT molecular complexity index is 1110. The van der Waals surface area contributed by atoms with E-state index in [1.807, 2.05) is 30.3 Å². The van der Waals surface area contributed by atoms with Crippen LogP contribution in [0.15, 0.2) is 58.4 Å². The second-order valence-electron chi connectivity index (χ2n) is 9.50. The number of fused-ring (bicyclic) bond motifs is 1. The molecular formula is C28H35FN2O4S. The Morgan fingerprint density at radius 1 is 1.31 bits per heavy atom. The van der Waals surface area contributed by atoms with Gasteiger partial charge in [-0.05, 0) is 99.0 Å². The molecule has 0 unspecified atom stereocenters. The second-order valence-corrected chi connectivity index (χ2v) is 10.6. The van der Waals surface area contributed by atoms with Crippen LogP contribution >= 0.6 is 11.8 Å². The third-order valence-corrected chi connectivity index (χ3v) is 8.18. The summed E-state index contributed by atoms with van der Waals surface area (Å²) in [5, 5.41) is 11.0. The monoisotopic (exact) mass is 514 g/mol. The Kier molecular flexibility index (Phi) is 9.64. The normalized spacial score (nSPS) is 19.4. The molecule has 1 saturated heterocycles. The number of aromatic nitrogens is 1. The lowest BCUT2D eigenvalue weighted by Crippen LogP contribution is -2.41. The van der Waals surface area contributed by atoms with Gasteiger partial charge in [0, 0.05) is 30.3 Å². The molecule has 1 aliphatic rings. The van der Waals surface area contributed by atoms with Gasteiger partial charge in [-0.1, -0.05) is 11.8 Å².